The van der Waals surface area contributed by atoms with Crippen LogP contribution in [0.2, 0.25) is 0 Å². The molecule has 0 saturated carbocycles. The summed E-state index contributed by atoms with van der Waals surface area (Å²) in [5.74, 6) is -1.37. The molecule has 23 heavy (non-hydrogen) atoms. The van der Waals surface area contributed by atoms with Gasteiger partial charge in [-0.1, -0.05) is 12.1 Å². The van der Waals surface area contributed by atoms with Gasteiger partial charge in [-0.25, -0.2) is 23.2 Å². The molecule has 8 heteroatoms. The van der Waals surface area contributed by atoms with Gasteiger partial charge in [-0.3, -0.25) is 0 Å². The van der Waals surface area contributed by atoms with Crippen molar-refractivity contribution >= 4 is 17.3 Å². The Balaban J connectivity index is 1.93. The fraction of sp³-hybridized carbons (Fsp3) is 0.133. The van der Waals surface area contributed by atoms with Crippen LogP contribution in [0.5, 0.6) is 0 Å². The first-order chi connectivity index (χ1) is 11.0. The van der Waals surface area contributed by atoms with Crippen LogP contribution >= 0.6 is 11.3 Å². The third-order valence-corrected chi connectivity index (χ3v) is 4.54. The number of aromatic carboxylic acids is 1. The lowest BCUT2D eigenvalue weighted by atomic mass is 10.2. The second-order valence-electron chi connectivity index (χ2n) is 4.97. The van der Waals surface area contributed by atoms with Crippen LogP contribution in [0.1, 0.15) is 20.8 Å². The monoisotopic (exact) mass is 333 g/mol. The van der Waals surface area contributed by atoms with Crippen molar-refractivity contribution < 1.29 is 14.3 Å². The lowest BCUT2D eigenvalue weighted by molar-refractivity contribution is 0.0701. The zero-order valence-corrected chi connectivity index (χ0v) is 12.9. The number of aryl methyl sites for hydroxylation is 1. The fourth-order valence-electron chi connectivity index (χ4n) is 2.16. The summed E-state index contributed by atoms with van der Waals surface area (Å²) in [6.45, 7) is 1.89. The third kappa shape index (κ3) is 2.93. The molecule has 0 aliphatic rings. The molecule has 2 heterocycles. The van der Waals surface area contributed by atoms with Crippen molar-refractivity contribution in [3.05, 3.63) is 69.0 Å². The topological polar surface area (TPSA) is 77.1 Å². The Hall–Kier alpha value is -2.74. The van der Waals surface area contributed by atoms with E-state index in [-0.39, 0.29) is 22.9 Å². The van der Waals surface area contributed by atoms with Crippen LogP contribution in [0.25, 0.3) is 5.00 Å². The summed E-state index contributed by atoms with van der Waals surface area (Å²) >= 11 is 1.02. The first kappa shape index (κ1) is 15.2. The molecular weight excluding hydrogens is 321 g/mol. The predicted octanol–water partition coefficient (Wildman–Crippen LogP) is 2.29. The van der Waals surface area contributed by atoms with Crippen molar-refractivity contribution in [2.24, 2.45) is 0 Å². The molecule has 118 valence electrons. The molecule has 3 aromatic rings. The minimum absolute atomic E-state index is 0.193. The molecule has 0 radical (unpaired) electrons. The standard InChI is InChI=1S/C15H12FN3O3S/c1-9-6-12(23-13(9)14(20)21)18-8-17-19(15(18)22)7-10-2-4-11(16)5-3-10/h2-6,8H,7H2,1H3,(H,20,21). The van der Waals surface area contributed by atoms with E-state index in [0.717, 1.165) is 16.9 Å². The summed E-state index contributed by atoms with van der Waals surface area (Å²) in [7, 11) is 0. The highest BCUT2D eigenvalue weighted by atomic mass is 32.1. The first-order valence-electron chi connectivity index (χ1n) is 6.68. The maximum absolute atomic E-state index is 12.9. The lowest BCUT2D eigenvalue weighted by Gasteiger charge is -2.00. The average molecular weight is 333 g/mol. The number of aromatic nitrogens is 3. The summed E-state index contributed by atoms with van der Waals surface area (Å²) in [5.41, 5.74) is 0.954. The van der Waals surface area contributed by atoms with Gasteiger partial charge < -0.3 is 5.11 Å². The number of nitrogens with zero attached hydrogens (tertiary/aromatic N) is 3. The van der Waals surface area contributed by atoms with E-state index in [2.05, 4.69) is 5.10 Å². The molecule has 1 aromatic carbocycles. The minimum Gasteiger partial charge on any atom is -0.477 e. The van der Waals surface area contributed by atoms with Gasteiger partial charge in [-0.05, 0) is 36.2 Å². The van der Waals surface area contributed by atoms with E-state index in [4.69, 9.17) is 5.11 Å². The number of hydrogen-bond donors (Lipinski definition) is 1. The van der Waals surface area contributed by atoms with Gasteiger partial charge in [0.2, 0.25) is 0 Å². The van der Waals surface area contributed by atoms with Gasteiger partial charge >= 0.3 is 11.7 Å². The SMILES string of the molecule is Cc1cc(-n2cnn(Cc3ccc(F)cc3)c2=O)sc1C(=O)O. The maximum Gasteiger partial charge on any atom is 0.351 e. The molecule has 0 spiro atoms. The number of benzene rings is 1. The zero-order valence-electron chi connectivity index (χ0n) is 12.1. The molecule has 0 aliphatic heterocycles. The highest BCUT2D eigenvalue weighted by molar-refractivity contribution is 7.16. The molecular formula is C15H12FN3O3S. The molecule has 3 rings (SSSR count). The van der Waals surface area contributed by atoms with Crippen molar-refractivity contribution in [1.82, 2.24) is 14.3 Å². The number of carbonyl (C=O) groups is 1. The van der Waals surface area contributed by atoms with Crippen molar-refractivity contribution in [1.29, 1.82) is 0 Å². The zero-order chi connectivity index (χ0) is 16.6. The van der Waals surface area contributed by atoms with E-state index >= 15 is 0 Å². The number of halogens is 1. The summed E-state index contributed by atoms with van der Waals surface area (Å²) in [4.78, 5) is 23.7. The molecule has 0 fully saturated rings. The van der Waals surface area contributed by atoms with Crippen LogP contribution in [0.3, 0.4) is 0 Å². The van der Waals surface area contributed by atoms with Crippen molar-refractivity contribution in [3.8, 4) is 5.00 Å². The Morgan fingerprint density at radius 3 is 2.65 bits per heavy atom. The van der Waals surface area contributed by atoms with E-state index in [1.165, 1.54) is 27.7 Å². The van der Waals surface area contributed by atoms with Gasteiger partial charge in [-0.15, -0.1) is 11.3 Å². The van der Waals surface area contributed by atoms with Crippen molar-refractivity contribution in [2.75, 3.05) is 0 Å². The summed E-state index contributed by atoms with van der Waals surface area (Å²) in [6, 6.07) is 7.44. The number of rotatable bonds is 4. The lowest BCUT2D eigenvalue weighted by Crippen LogP contribution is -2.23. The van der Waals surface area contributed by atoms with Gasteiger partial charge in [0, 0.05) is 0 Å². The highest BCUT2D eigenvalue weighted by Crippen LogP contribution is 2.24. The van der Waals surface area contributed by atoms with E-state index in [1.54, 1.807) is 25.1 Å². The number of thiophene rings is 1. The molecule has 2 aromatic heterocycles. The van der Waals surface area contributed by atoms with Crippen LogP contribution in [-0.4, -0.2) is 25.4 Å². The Kier molecular flexibility index (Phi) is 3.83. The molecule has 0 unspecified atom stereocenters. The summed E-state index contributed by atoms with van der Waals surface area (Å²) in [5, 5.41) is 13.6. The van der Waals surface area contributed by atoms with Crippen molar-refractivity contribution in [3.63, 3.8) is 0 Å². The van der Waals surface area contributed by atoms with Gasteiger partial charge in [0.15, 0.2) is 0 Å². The summed E-state index contributed by atoms with van der Waals surface area (Å²) < 4.78 is 15.4. The number of carboxylic acid groups (broad SMARTS) is 1. The summed E-state index contributed by atoms with van der Waals surface area (Å²) in [6.07, 6.45) is 1.35. The average Bonchev–Trinajstić information content (AvgIpc) is 3.05. The van der Waals surface area contributed by atoms with E-state index < -0.39 is 5.97 Å². The molecule has 0 bridgehead atoms. The maximum atomic E-state index is 12.9. The Morgan fingerprint density at radius 1 is 1.35 bits per heavy atom. The second-order valence-corrected chi connectivity index (χ2v) is 6.00. The molecule has 0 atom stereocenters. The van der Waals surface area contributed by atoms with Crippen LogP contribution in [-0.2, 0) is 6.54 Å². The number of carboxylic acids is 1. The van der Waals surface area contributed by atoms with Crippen molar-refractivity contribution in [2.45, 2.75) is 13.5 Å². The smallest absolute Gasteiger partial charge is 0.351 e. The first-order valence-corrected chi connectivity index (χ1v) is 7.50. The molecule has 0 amide bonds. The van der Waals surface area contributed by atoms with Gasteiger partial charge in [0.25, 0.3) is 0 Å². The van der Waals surface area contributed by atoms with Gasteiger partial charge in [0.1, 0.15) is 22.0 Å². The minimum atomic E-state index is -1.02. The molecule has 6 nitrogen and oxygen atoms in total. The fourth-order valence-corrected chi connectivity index (χ4v) is 3.13. The largest absolute Gasteiger partial charge is 0.477 e. The molecule has 0 saturated heterocycles. The normalized spacial score (nSPS) is 10.9. The van der Waals surface area contributed by atoms with E-state index in [0.29, 0.717) is 10.6 Å². The van der Waals surface area contributed by atoms with E-state index in [1.807, 2.05) is 0 Å². The molecule has 0 aliphatic carbocycles. The number of hydrogen-bond acceptors (Lipinski definition) is 4. The van der Waals surface area contributed by atoms with Crippen LogP contribution in [0.15, 0.2) is 41.5 Å². The third-order valence-electron chi connectivity index (χ3n) is 3.32. The Morgan fingerprint density at radius 2 is 2.04 bits per heavy atom. The Bertz CT molecular complexity index is 924. The van der Waals surface area contributed by atoms with Crippen LogP contribution < -0.4 is 5.69 Å². The highest BCUT2D eigenvalue weighted by Gasteiger charge is 2.15. The second kappa shape index (κ2) is 5.81. The van der Waals surface area contributed by atoms with E-state index in [9.17, 15) is 14.0 Å². The molecule has 1 N–H and O–H groups in total. The van der Waals surface area contributed by atoms with Crippen LogP contribution in [0, 0.1) is 12.7 Å². The predicted molar refractivity (Wildman–Crippen MR) is 82.9 cm³/mol. The van der Waals surface area contributed by atoms with Gasteiger partial charge in [0.05, 0.1) is 6.54 Å². The van der Waals surface area contributed by atoms with Crippen LogP contribution in [0.4, 0.5) is 4.39 Å². The van der Waals surface area contributed by atoms with Gasteiger partial charge in [-0.2, -0.15) is 5.10 Å². The quantitative estimate of drug-likeness (QED) is 0.795. The Labute approximate surface area is 134 Å².